The molecule has 94 valence electrons. The number of rotatable bonds is 4. The lowest BCUT2D eigenvalue weighted by Gasteiger charge is -2.18. The van der Waals surface area contributed by atoms with Crippen LogP contribution in [0, 0.1) is 5.41 Å². The van der Waals surface area contributed by atoms with Gasteiger partial charge in [-0.1, -0.05) is 0 Å². The standard InChI is InChI=1S/C9H12F3N5/c1-17(3-2-9(10,11)12)7-5-15-6(4-16-7)8(13)14/h4-5H,2-3H2,1H3,(H3,13,14). The molecule has 3 N–H and O–H groups in total. The molecule has 0 atom stereocenters. The highest BCUT2D eigenvalue weighted by atomic mass is 19.4. The highest BCUT2D eigenvalue weighted by Gasteiger charge is 2.27. The second-order valence-electron chi connectivity index (χ2n) is 3.46. The van der Waals surface area contributed by atoms with E-state index < -0.39 is 12.6 Å². The van der Waals surface area contributed by atoms with Crippen LogP contribution in [0.15, 0.2) is 12.4 Å². The lowest BCUT2D eigenvalue weighted by Crippen LogP contribution is -2.25. The second-order valence-corrected chi connectivity index (χ2v) is 3.46. The Morgan fingerprint density at radius 2 is 2.06 bits per heavy atom. The predicted molar refractivity (Wildman–Crippen MR) is 57.0 cm³/mol. The number of amidine groups is 1. The van der Waals surface area contributed by atoms with E-state index in [1.807, 2.05) is 0 Å². The van der Waals surface area contributed by atoms with Gasteiger partial charge in [-0.25, -0.2) is 9.97 Å². The Hall–Kier alpha value is -1.86. The fourth-order valence-electron chi connectivity index (χ4n) is 1.07. The van der Waals surface area contributed by atoms with Crippen LogP contribution in [-0.4, -0.2) is 35.6 Å². The molecule has 17 heavy (non-hydrogen) atoms. The van der Waals surface area contributed by atoms with Gasteiger partial charge >= 0.3 is 6.18 Å². The Bertz CT molecular complexity index is 387. The number of aromatic nitrogens is 2. The van der Waals surface area contributed by atoms with E-state index in [1.165, 1.54) is 24.3 Å². The van der Waals surface area contributed by atoms with Gasteiger partial charge in [0.05, 0.1) is 18.8 Å². The number of nitrogens with one attached hydrogen (secondary N) is 1. The maximum Gasteiger partial charge on any atom is 0.390 e. The zero-order chi connectivity index (χ0) is 13.1. The van der Waals surface area contributed by atoms with Crippen molar-refractivity contribution in [2.75, 3.05) is 18.5 Å². The number of nitrogens with two attached hydrogens (primary N) is 1. The summed E-state index contributed by atoms with van der Waals surface area (Å²) in [4.78, 5) is 9.02. The molecule has 0 bridgehead atoms. The Kier molecular flexibility index (Phi) is 3.87. The van der Waals surface area contributed by atoms with Crippen LogP contribution in [-0.2, 0) is 0 Å². The fourth-order valence-corrected chi connectivity index (χ4v) is 1.07. The largest absolute Gasteiger partial charge is 0.390 e. The quantitative estimate of drug-likeness (QED) is 0.618. The van der Waals surface area contributed by atoms with E-state index in [4.69, 9.17) is 11.1 Å². The molecule has 1 aromatic heterocycles. The molecule has 0 saturated heterocycles. The van der Waals surface area contributed by atoms with E-state index in [2.05, 4.69) is 9.97 Å². The van der Waals surface area contributed by atoms with Gasteiger partial charge in [0.1, 0.15) is 17.3 Å². The average molecular weight is 247 g/mol. The normalized spacial score (nSPS) is 11.3. The van der Waals surface area contributed by atoms with E-state index >= 15 is 0 Å². The van der Waals surface area contributed by atoms with Crippen molar-refractivity contribution in [2.24, 2.45) is 5.73 Å². The number of alkyl halides is 3. The maximum absolute atomic E-state index is 12.0. The van der Waals surface area contributed by atoms with Crippen LogP contribution in [0.25, 0.3) is 0 Å². The lowest BCUT2D eigenvalue weighted by molar-refractivity contribution is -0.132. The van der Waals surface area contributed by atoms with Gasteiger partial charge in [-0.05, 0) is 0 Å². The van der Waals surface area contributed by atoms with Crippen LogP contribution in [0.1, 0.15) is 12.1 Å². The molecular formula is C9H12F3N5. The highest BCUT2D eigenvalue weighted by Crippen LogP contribution is 2.20. The van der Waals surface area contributed by atoms with Crippen molar-refractivity contribution in [2.45, 2.75) is 12.6 Å². The summed E-state index contributed by atoms with van der Waals surface area (Å²) in [7, 11) is 1.49. The van der Waals surface area contributed by atoms with Crippen molar-refractivity contribution >= 4 is 11.7 Å². The Balaban J connectivity index is 2.63. The lowest BCUT2D eigenvalue weighted by atomic mass is 10.4. The first-order chi connectivity index (χ1) is 7.79. The molecule has 0 spiro atoms. The third-order valence-corrected chi connectivity index (χ3v) is 2.04. The van der Waals surface area contributed by atoms with E-state index in [1.54, 1.807) is 0 Å². The van der Waals surface area contributed by atoms with Crippen LogP contribution >= 0.6 is 0 Å². The first-order valence-corrected chi connectivity index (χ1v) is 4.74. The SMILES string of the molecule is CN(CCC(F)(F)F)c1cnc(C(=N)N)cn1. The Morgan fingerprint density at radius 3 is 2.47 bits per heavy atom. The number of hydrogen-bond donors (Lipinski definition) is 2. The smallest absolute Gasteiger partial charge is 0.382 e. The minimum atomic E-state index is -4.19. The molecular weight excluding hydrogens is 235 g/mol. The summed E-state index contributed by atoms with van der Waals surface area (Å²) >= 11 is 0. The zero-order valence-electron chi connectivity index (χ0n) is 9.12. The molecule has 0 aliphatic rings. The first-order valence-electron chi connectivity index (χ1n) is 4.74. The van der Waals surface area contributed by atoms with E-state index in [0.717, 1.165) is 0 Å². The van der Waals surface area contributed by atoms with Gasteiger partial charge in [0.25, 0.3) is 0 Å². The summed E-state index contributed by atoms with van der Waals surface area (Å²) in [6.07, 6.45) is -2.57. The highest BCUT2D eigenvalue weighted by molar-refractivity contribution is 5.92. The Labute approximate surface area is 96.0 Å². The summed E-state index contributed by atoms with van der Waals surface area (Å²) in [5, 5.41) is 7.09. The summed E-state index contributed by atoms with van der Waals surface area (Å²) in [6.45, 7) is -0.197. The van der Waals surface area contributed by atoms with Crippen molar-refractivity contribution in [3.05, 3.63) is 18.1 Å². The number of nitrogen functional groups attached to an aromatic ring is 1. The molecule has 1 rings (SSSR count). The maximum atomic E-state index is 12.0. The van der Waals surface area contributed by atoms with Gasteiger partial charge in [-0.3, -0.25) is 5.41 Å². The molecule has 5 nitrogen and oxygen atoms in total. The zero-order valence-corrected chi connectivity index (χ0v) is 9.12. The molecule has 0 fully saturated rings. The summed E-state index contributed by atoms with van der Waals surface area (Å²) in [5.74, 6) is 0.0706. The van der Waals surface area contributed by atoms with Crippen LogP contribution in [0.3, 0.4) is 0 Å². The summed E-state index contributed by atoms with van der Waals surface area (Å²) in [6, 6.07) is 0. The molecule has 1 heterocycles. The molecule has 8 heteroatoms. The second kappa shape index (κ2) is 4.98. The van der Waals surface area contributed by atoms with E-state index in [0.29, 0.717) is 5.82 Å². The fraction of sp³-hybridized carbons (Fsp3) is 0.444. The molecule has 1 aromatic rings. The third-order valence-electron chi connectivity index (χ3n) is 2.04. The number of halogens is 3. The third kappa shape index (κ3) is 4.25. The van der Waals surface area contributed by atoms with Gasteiger partial charge in [-0.15, -0.1) is 0 Å². The predicted octanol–water partition coefficient (Wildman–Crippen LogP) is 1.15. The first kappa shape index (κ1) is 13.2. The van der Waals surface area contributed by atoms with Crippen molar-refractivity contribution in [3.8, 4) is 0 Å². The summed E-state index contributed by atoms with van der Waals surface area (Å²) in [5.41, 5.74) is 5.37. The summed E-state index contributed by atoms with van der Waals surface area (Å²) < 4.78 is 36.0. The van der Waals surface area contributed by atoms with Crippen molar-refractivity contribution in [3.63, 3.8) is 0 Å². The average Bonchev–Trinajstić information content (AvgIpc) is 2.25. The number of nitrogens with zero attached hydrogens (tertiary/aromatic N) is 3. The molecule has 0 unspecified atom stereocenters. The van der Waals surface area contributed by atoms with Gasteiger partial charge in [-0.2, -0.15) is 13.2 Å². The molecule has 0 aromatic carbocycles. The number of hydrogen-bond acceptors (Lipinski definition) is 4. The minimum Gasteiger partial charge on any atom is -0.382 e. The van der Waals surface area contributed by atoms with Gasteiger partial charge in [0.2, 0.25) is 0 Å². The van der Waals surface area contributed by atoms with Crippen LogP contribution in [0.5, 0.6) is 0 Å². The van der Waals surface area contributed by atoms with Gasteiger partial charge < -0.3 is 10.6 Å². The topological polar surface area (TPSA) is 78.9 Å². The van der Waals surface area contributed by atoms with Crippen LogP contribution < -0.4 is 10.6 Å². The monoisotopic (exact) mass is 247 g/mol. The van der Waals surface area contributed by atoms with Crippen molar-refractivity contribution in [1.29, 1.82) is 5.41 Å². The molecule has 0 amide bonds. The van der Waals surface area contributed by atoms with Crippen LogP contribution in [0.2, 0.25) is 0 Å². The van der Waals surface area contributed by atoms with E-state index in [-0.39, 0.29) is 18.1 Å². The van der Waals surface area contributed by atoms with Crippen molar-refractivity contribution < 1.29 is 13.2 Å². The molecule has 0 aliphatic carbocycles. The van der Waals surface area contributed by atoms with Gasteiger partial charge in [0.15, 0.2) is 0 Å². The molecule has 0 saturated carbocycles. The van der Waals surface area contributed by atoms with Crippen molar-refractivity contribution in [1.82, 2.24) is 9.97 Å². The van der Waals surface area contributed by atoms with E-state index in [9.17, 15) is 13.2 Å². The van der Waals surface area contributed by atoms with Crippen LogP contribution in [0.4, 0.5) is 19.0 Å². The van der Waals surface area contributed by atoms with Gasteiger partial charge in [0, 0.05) is 13.6 Å². The Morgan fingerprint density at radius 1 is 1.41 bits per heavy atom. The number of anilines is 1. The molecule has 0 radical (unpaired) electrons. The molecule has 0 aliphatic heterocycles. The minimum absolute atomic E-state index is 0.193.